The number of hydrogen-bond donors (Lipinski definition) is 2. The van der Waals surface area contributed by atoms with Crippen LogP contribution in [0.4, 0.5) is 0 Å². The van der Waals surface area contributed by atoms with Crippen molar-refractivity contribution in [2.75, 3.05) is 13.2 Å². The summed E-state index contributed by atoms with van der Waals surface area (Å²) in [5.74, 6) is 0.983. The molecule has 1 atom stereocenters. The van der Waals surface area contributed by atoms with E-state index < -0.39 is 5.60 Å². The largest absolute Gasteiger partial charge is 0.494 e. The van der Waals surface area contributed by atoms with Gasteiger partial charge in [0.1, 0.15) is 5.75 Å². The molecule has 0 spiro atoms. The molecule has 112 valence electrons. The average molecular weight is 277 g/mol. The molecule has 3 N–H and O–H groups in total. The van der Waals surface area contributed by atoms with E-state index in [0.717, 1.165) is 25.0 Å². The molecular formula is C17H27NO2. The van der Waals surface area contributed by atoms with Crippen LogP contribution in [0.5, 0.6) is 5.75 Å². The molecule has 0 bridgehead atoms. The summed E-state index contributed by atoms with van der Waals surface area (Å²) in [7, 11) is 0. The number of aliphatic hydroxyl groups is 1. The third-order valence-corrected chi connectivity index (χ3v) is 4.14. The van der Waals surface area contributed by atoms with Gasteiger partial charge in [-0.25, -0.2) is 0 Å². The maximum Gasteiger partial charge on any atom is 0.119 e. The number of benzene rings is 1. The predicted molar refractivity (Wildman–Crippen MR) is 82.1 cm³/mol. The fourth-order valence-electron chi connectivity index (χ4n) is 2.70. The Morgan fingerprint density at radius 3 is 2.70 bits per heavy atom. The molecule has 0 fully saturated rings. The molecule has 0 radical (unpaired) electrons. The van der Waals surface area contributed by atoms with E-state index in [2.05, 4.69) is 18.2 Å². The van der Waals surface area contributed by atoms with Crippen molar-refractivity contribution >= 4 is 0 Å². The van der Waals surface area contributed by atoms with Crippen LogP contribution in [0.25, 0.3) is 0 Å². The summed E-state index contributed by atoms with van der Waals surface area (Å²) in [6, 6.07) is 6.49. The topological polar surface area (TPSA) is 55.5 Å². The molecule has 3 heteroatoms. The van der Waals surface area contributed by atoms with Crippen LogP contribution in [0.3, 0.4) is 0 Å². The highest BCUT2D eigenvalue weighted by molar-refractivity contribution is 5.37. The number of ether oxygens (including phenoxy) is 1. The summed E-state index contributed by atoms with van der Waals surface area (Å²) in [4.78, 5) is 0. The normalized spacial score (nSPS) is 17.4. The lowest BCUT2D eigenvalue weighted by molar-refractivity contribution is 0.0562. The first-order valence-electron chi connectivity index (χ1n) is 7.78. The highest BCUT2D eigenvalue weighted by Gasteiger charge is 2.16. The lowest BCUT2D eigenvalue weighted by atomic mass is 9.92. The first-order valence-corrected chi connectivity index (χ1v) is 7.78. The van der Waals surface area contributed by atoms with Gasteiger partial charge in [-0.1, -0.05) is 6.07 Å². The Balaban J connectivity index is 1.72. The van der Waals surface area contributed by atoms with Crippen LogP contribution in [-0.4, -0.2) is 23.9 Å². The van der Waals surface area contributed by atoms with Crippen LogP contribution in [0.2, 0.25) is 0 Å². The van der Waals surface area contributed by atoms with Crippen molar-refractivity contribution in [1.82, 2.24) is 0 Å². The number of aryl methyl sites for hydroxylation is 2. The van der Waals surface area contributed by atoms with E-state index in [1.54, 1.807) is 6.92 Å². The average Bonchev–Trinajstić information content (AvgIpc) is 2.46. The van der Waals surface area contributed by atoms with Crippen molar-refractivity contribution in [3.8, 4) is 5.75 Å². The van der Waals surface area contributed by atoms with E-state index in [9.17, 15) is 5.11 Å². The summed E-state index contributed by atoms with van der Waals surface area (Å²) < 4.78 is 5.81. The lowest BCUT2D eigenvalue weighted by Gasteiger charge is -2.20. The van der Waals surface area contributed by atoms with Gasteiger partial charge in [0.25, 0.3) is 0 Å². The monoisotopic (exact) mass is 277 g/mol. The van der Waals surface area contributed by atoms with Gasteiger partial charge in [-0.2, -0.15) is 0 Å². The highest BCUT2D eigenvalue weighted by atomic mass is 16.5. The minimum atomic E-state index is -0.730. The zero-order chi connectivity index (χ0) is 14.4. The van der Waals surface area contributed by atoms with E-state index >= 15 is 0 Å². The number of hydrogen-bond acceptors (Lipinski definition) is 3. The summed E-state index contributed by atoms with van der Waals surface area (Å²) >= 11 is 0. The molecule has 0 heterocycles. The molecule has 0 amide bonds. The van der Waals surface area contributed by atoms with Crippen LogP contribution in [-0.2, 0) is 12.8 Å². The Morgan fingerprint density at radius 1 is 1.20 bits per heavy atom. The van der Waals surface area contributed by atoms with Gasteiger partial charge in [0.05, 0.1) is 12.2 Å². The zero-order valence-corrected chi connectivity index (χ0v) is 12.5. The van der Waals surface area contributed by atoms with Gasteiger partial charge in [0, 0.05) is 6.54 Å². The van der Waals surface area contributed by atoms with Crippen molar-refractivity contribution in [3.05, 3.63) is 29.3 Å². The summed E-state index contributed by atoms with van der Waals surface area (Å²) in [5, 5.41) is 9.81. The maximum absolute atomic E-state index is 9.81. The number of unbranched alkanes of at least 4 members (excludes halogenated alkanes) is 1. The third kappa shape index (κ3) is 4.50. The maximum atomic E-state index is 9.81. The number of fused-ring (bicyclic) bond motifs is 1. The molecule has 1 unspecified atom stereocenters. The second kappa shape index (κ2) is 7.09. The summed E-state index contributed by atoms with van der Waals surface area (Å²) in [6.07, 6.45) is 7.63. The first kappa shape index (κ1) is 15.3. The van der Waals surface area contributed by atoms with E-state index in [1.165, 1.54) is 36.8 Å². The minimum Gasteiger partial charge on any atom is -0.494 e. The van der Waals surface area contributed by atoms with Crippen molar-refractivity contribution in [2.45, 2.75) is 57.5 Å². The molecule has 20 heavy (non-hydrogen) atoms. The lowest BCUT2D eigenvalue weighted by Crippen LogP contribution is -2.33. The molecule has 0 aliphatic heterocycles. The van der Waals surface area contributed by atoms with Crippen molar-refractivity contribution in [2.24, 2.45) is 5.73 Å². The van der Waals surface area contributed by atoms with Gasteiger partial charge < -0.3 is 15.6 Å². The van der Waals surface area contributed by atoms with Gasteiger partial charge in [-0.15, -0.1) is 0 Å². The van der Waals surface area contributed by atoms with Gasteiger partial charge >= 0.3 is 0 Å². The van der Waals surface area contributed by atoms with E-state index in [0.29, 0.717) is 13.2 Å². The second-order valence-electron chi connectivity index (χ2n) is 6.14. The van der Waals surface area contributed by atoms with Crippen molar-refractivity contribution in [1.29, 1.82) is 0 Å². The fraction of sp³-hybridized carbons (Fsp3) is 0.647. The Hall–Kier alpha value is -1.06. The third-order valence-electron chi connectivity index (χ3n) is 4.14. The molecule has 0 aromatic heterocycles. The molecule has 1 aliphatic rings. The van der Waals surface area contributed by atoms with Crippen molar-refractivity contribution < 1.29 is 9.84 Å². The van der Waals surface area contributed by atoms with Crippen LogP contribution < -0.4 is 10.5 Å². The second-order valence-corrected chi connectivity index (χ2v) is 6.14. The van der Waals surface area contributed by atoms with E-state index in [4.69, 9.17) is 10.5 Å². The van der Waals surface area contributed by atoms with Gasteiger partial charge in [-0.3, -0.25) is 0 Å². The number of nitrogens with two attached hydrogens (primary N) is 1. The summed E-state index contributed by atoms with van der Waals surface area (Å²) in [5.41, 5.74) is 7.71. The minimum absolute atomic E-state index is 0.318. The molecule has 0 saturated heterocycles. The van der Waals surface area contributed by atoms with E-state index in [-0.39, 0.29) is 0 Å². The van der Waals surface area contributed by atoms with Crippen LogP contribution in [0.1, 0.15) is 50.2 Å². The van der Waals surface area contributed by atoms with Crippen LogP contribution >= 0.6 is 0 Å². The SMILES string of the molecule is CC(O)(CN)CCCCOc1ccc2c(c1)CCCC2. The Bertz CT molecular complexity index is 429. The zero-order valence-electron chi connectivity index (χ0n) is 12.5. The molecule has 2 rings (SSSR count). The molecule has 3 nitrogen and oxygen atoms in total. The van der Waals surface area contributed by atoms with Gasteiger partial charge in [-0.05, 0) is 75.1 Å². The molecule has 1 aliphatic carbocycles. The Morgan fingerprint density at radius 2 is 1.95 bits per heavy atom. The van der Waals surface area contributed by atoms with Crippen molar-refractivity contribution in [3.63, 3.8) is 0 Å². The Labute approximate surface area is 122 Å². The molecule has 0 saturated carbocycles. The van der Waals surface area contributed by atoms with Gasteiger partial charge in [0.2, 0.25) is 0 Å². The first-order chi connectivity index (χ1) is 9.61. The number of rotatable bonds is 7. The fourth-order valence-corrected chi connectivity index (χ4v) is 2.70. The molecular weight excluding hydrogens is 250 g/mol. The Kier molecular flexibility index (Phi) is 5.44. The predicted octanol–water partition coefficient (Wildman–Crippen LogP) is 2.82. The summed E-state index contributed by atoms with van der Waals surface area (Å²) in [6.45, 7) is 2.81. The quantitative estimate of drug-likeness (QED) is 0.754. The van der Waals surface area contributed by atoms with Crippen LogP contribution in [0, 0.1) is 0 Å². The molecule has 1 aromatic carbocycles. The standard InChI is InChI=1S/C17H27NO2/c1-17(19,13-18)10-4-5-11-20-16-9-8-14-6-2-3-7-15(14)12-16/h8-9,12,19H,2-7,10-11,13,18H2,1H3. The molecule has 1 aromatic rings. The van der Waals surface area contributed by atoms with Crippen LogP contribution in [0.15, 0.2) is 18.2 Å². The van der Waals surface area contributed by atoms with E-state index in [1.807, 2.05) is 0 Å². The highest BCUT2D eigenvalue weighted by Crippen LogP contribution is 2.25. The van der Waals surface area contributed by atoms with Gasteiger partial charge in [0.15, 0.2) is 0 Å². The smallest absolute Gasteiger partial charge is 0.119 e.